The van der Waals surface area contributed by atoms with E-state index >= 15 is 0 Å². The molecular weight excluding hydrogens is 308 g/mol. The first kappa shape index (κ1) is 15.9. The summed E-state index contributed by atoms with van der Waals surface area (Å²) < 4.78 is 10.2. The van der Waals surface area contributed by atoms with Crippen LogP contribution in [0.25, 0.3) is 11.1 Å². The molecule has 1 N–H and O–H groups in total. The standard InChI is InChI=1S/C17H18N4O3/c1-4-11-8-6-7-9-12(11)18-14-13-10(3)21-24-16(13)20-15(19-14)17(22)23-5-2/h6-9H,4-5H2,1-3H3,(H,18,19,20). The van der Waals surface area contributed by atoms with Gasteiger partial charge in [-0.15, -0.1) is 0 Å². The lowest BCUT2D eigenvalue weighted by atomic mass is 10.1. The van der Waals surface area contributed by atoms with Crippen molar-refractivity contribution in [2.75, 3.05) is 11.9 Å². The second kappa shape index (κ2) is 6.66. The Morgan fingerprint density at radius 1 is 1.25 bits per heavy atom. The van der Waals surface area contributed by atoms with Crippen LogP contribution in [-0.4, -0.2) is 27.7 Å². The Morgan fingerprint density at radius 2 is 2.04 bits per heavy atom. The predicted molar refractivity (Wildman–Crippen MR) is 89.4 cm³/mol. The van der Waals surface area contributed by atoms with Crippen molar-refractivity contribution in [3.63, 3.8) is 0 Å². The van der Waals surface area contributed by atoms with Gasteiger partial charge in [-0.05, 0) is 31.9 Å². The van der Waals surface area contributed by atoms with Gasteiger partial charge in [0.25, 0.3) is 5.71 Å². The number of fused-ring (bicyclic) bond motifs is 1. The minimum atomic E-state index is -0.597. The molecule has 0 saturated heterocycles. The highest BCUT2D eigenvalue weighted by atomic mass is 16.5. The molecule has 0 aliphatic heterocycles. The maximum atomic E-state index is 12.0. The molecule has 2 aromatic heterocycles. The minimum absolute atomic E-state index is 0.0584. The van der Waals surface area contributed by atoms with Crippen LogP contribution in [0.3, 0.4) is 0 Å². The van der Waals surface area contributed by atoms with Crippen molar-refractivity contribution in [2.24, 2.45) is 0 Å². The first-order valence-corrected chi connectivity index (χ1v) is 7.80. The summed E-state index contributed by atoms with van der Waals surface area (Å²) in [5.41, 5.74) is 2.95. The van der Waals surface area contributed by atoms with Gasteiger partial charge in [0.15, 0.2) is 0 Å². The van der Waals surface area contributed by atoms with Gasteiger partial charge in [-0.25, -0.2) is 9.78 Å². The van der Waals surface area contributed by atoms with Crippen LogP contribution in [0, 0.1) is 6.92 Å². The molecule has 124 valence electrons. The molecule has 0 radical (unpaired) electrons. The number of carbonyl (C=O) groups is 1. The third kappa shape index (κ3) is 2.92. The summed E-state index contributed by atoms with van der Waals surface area (Å²) in [5, 5.41) is 7.84. The van der Waals surface area contributed by atoms with Gasteiger partial charge in [0, 0.05) is 5.69 Å². The SMILES string of the molecule is CCOC(=O)c1nc(Nc2ccccc2CC)c2c(C)noc2n1. The summed E-state index contributed by atoms with van der Waals surface area (Å²) in [6.45, 7) is 5.85. The van der Waals surface area contributed by atoms with E-state index in [2.05, 4.69) is 27.4 Å². The number of benzene rings is 1. The summed E-state index contributed by atoms with van der Waals surface area (Å²) in [6, 6.07) is 7.91. The fourth-order valence-corrected chi connectivity index (χ4v) is 2.45. The number of aromatic nitrogens is 3. The lowest BCUT2D eigenvalue weighted by Gasteiger charge is -2.11. The Balaban J connectivity index is 2.11. The molecule has 3 rings (SSSR count). The predicted octanol–water partition coefficient (Wildman–Crippen LogP) is 3.41. The number of carbonyl (C=O) groups excluding carboxylic acids is 1. The van der Waals surface area contributed by atoms with E-state index in [0.29, 0.717) is 16.9 Å². The van der Waals surface area contributed by atoms with Crippen molar-refractivity contribution in [1.82, 2.24) is 15.1 Å². The van der Waals surface area contributed by atoms with E-state index in [4.69, 9.17) is 9.26 Å². The van der Waals surface area contributed by atoms with E-state index in [9.17, 15) is 4.79 Å². The molecule has 0 saturated carbocycles. The lowest BCUT2D eigenvalue weighted by Crippen LogP contribution is -2.11. The molecule has 24 heavy (non-hydrogen) atoms. The first-order chi connectivity index (χ1) is 11.6. The Morgan fingerprint density at radius 3 is 2.79 bits per heavy atom. The van der Waals surface area contributed by atoms with Crippen molar-refractivity contribution < 1.29 is 14.1 Å². The van der Waals surface area contributed by atoms with Crippen LogP contribution in [0.4, 0.5) is 11.5 Å². The topological polar surface area (TPSA) is 90.1 Å². The number of para-hydroxylation sites is 1. The molecule has 0 fully saturated rings. The summed E-state index contributed by atoms with van der Waals surface area (Å²) >= 11 is 0. The molecule has 0 unspecified atom stereocenters. The monoisotopic (exact) mass is 326 g/mol. The van der Waals surface area contributed by atoms with Crippen LogP contribution < -0.4 is 5.32 Å². The Bertz CT molecular complexity index is 889. The molecule has 0 atom stereocenters. The van der Waals surface area contributed by atoms with Gasteiger partial charge >= 0.3 is 5.97 Å². The van der Waals surface area contributed by atoms with E-state index in [-0.39, 0.29) is 18.1 Å². The minimum Gasteiger partial charge on any atom is -0.460 e. The van der Waals surface area contributed by atoms with Crippen LogP contribution in [0.5, 0.6) is 0 Å². The molecule has 0 bridgehead atoms. The molecule has 3 aromatic rings. The highest BCUT2D eigenvalue weighted by Gasteiger charge is 2.20. The van der Waals surface area contributed by atoms with Gasteiger partial charge in [0.05, 0.1) is 12.3 Å². The van der Waals surface area contributed by atoms with Crippen LogP contribution in [0.15, 0.2) is 28.8 Å². The summed E-state index contributed by atoms with van der Waals surface area (Å²) in [4.78, 5) is 20.4. The van der Waals surface area contributed by atoms with Gasteiger partial charge in [-0.2, -0.15) is 4.98 Å². The van der Waals surface area contributed by atoms with Crippen molar-refractivity contribution in [1.29, 1.82) is 0 Å². The van der Waals surface area contributed by atoms with Gasteiger partial charge in [-0.1, -0.05) is 30.3 Å². The number of hydrogen-bond donors (Lipinski definition) is 1. The number of anilines is 2. The number of rotatable bonds is 5. The van der Waals surface area contributed by atoms with Crippen molar-refractivity contribution in [2.45, 2.75) is 27.2 Å². The number of nitrogens with zero attached hydrogens (tertiary/aromatic N) is 3. The molecule has 0 spiro atoms. The summed E-state index contributed by atoms with van der Waals surface area (Å²) in [5.74, 6) is -0.181. The maximum Gasteiger partial charge on any atom is 0.376 e. The number of esters is 1. The molecular formula is C17H18N4O3. The maximum absolute atomic E-state index is 12.0. The zero-order chi connectivity index (χ0) is 17.1. The number of ether oxygens (including phenoxy) is 1. The fourth-order valence-electron chi connectivity index (χ4n) is 2.45. The quantitative estimate of drug-likeness (QED) is 0.718. The third-order valence-corrected chi connectivity index (χ3v) is 3.62. The van der Waals surface area contributed by atoms with Gasteiger partial charge in [0.1, 0.15) is 11.2 Å². The smallest absolute Gasteiger partial charge is 0.376 e. The van der Waals surface area contributed by atoms with E-state index in [1.807, 2.05) is 24.3 Å². The third-order valence-electron chi connectivity index (χ3n) is 3.62. The van der Waals surface area contributed by atoms with E-state index in [1.54, 1.807) is 13.8 Å². The molecule has 7 nitrogen and oxygen atoms in total. The second-order valence-corrected chi connectivity index (χ2v) is 5.20. The number of nitrogens with one attached hydrogen (secondary N) is 1. The van der Waals surface area contributed by atoms with E-state index < -0.39 is 5.97 Å². The molecule has 0 amide bonds. The molecule has 2 heterocycles. The Kier molecular flexibility index (Phi) is 4.41. The van der Waals surface area contributed by atoms with Gasteiger partial charge in [0.2, 0.25) is 5.82 Å². The van der Waals surface area contributed by atoms with Crippen LogP contribution in [0.1, 0.15) is 35.7 Å². The summed E-state index contributed by atoms with van der Waals surface area (Å²) in [6.07, 6.45) is 0.866. The van der Waals surface area contributed by atoms with Crippen molar-refractivity contribution >= 4 is 28.6 Å². The zero-order valence-corrected chi connectivity index (χ0v) is 13.8. The second-order valence-electron chi connectivity index (χ2n) is 5.20. The Labute approximate surface area is 139 Å². The van der Waals surface area contributed by atoms with Crippen molar-refractivity contribution in [3.05, 3.63) is 41.3 Å². The summed E-state index contributed by atoms with van der Waals surface area (Å²) in [7, 11) is 0. The van der Waals surface area contributed by atoms with Crippen molar-refractivity contribution in [3.8, 4) is 0 Å². The van der Waals surface area contributed by atoms with Gasteiger partial charge < -0.3 is 14.6 Å². The van der Waals surface area contributed by atoms with Gasteiger partial charge in [-0.3, -0.25) is 0 Å². The molecule has 0 aliphatic rings. The number of hydrogen-bond acceptors (Lipinski definition) is 7. The largest absolute Gasteiger partial charge is 0.460 e. The average molecular weight is 326 g/mol. The number of aryl methyl sites for hydroxylation is 2. The van der Waals surface area contributed by atoms with Crippen LogP contribution in [0.2, 0.25) is 0 Å². The van der Waals surface area contributed by atoms with E-state index in [1.165, 1.54) is 0 Å². The van der Waals surface area contributed by atoms with E-state index in [0.717, 1.165) is 17.7 Å². The van der Waals surface area contributed by atoms with Crippen LogP contribution in [-0.2, 0) is 11.2 Å². The zero-order valence-electron chi connectivity index (χ0n) is 13.8. The molecule has 1 aromatic carbocycles. The fraction of sp³-hybridized carbons (Fsp3) is 0.294. The highest BCUT2D eigenvalue weighted by molar-refractivity contribution is 5.94. The van der Waals surface area contributed by atoms with Crippen LogP contribution >= 0.6 is 0 Å². The first-order valence-electron chi connectivity index (χ1n) is 7.80. The average Bonchev–Trinajstić information content (AvgIpc) is 2.97. The normalized spacial score (nSPS) is 10.8. The lowest BCUT2D eigenvalue weighted by molar-refractivity contribution is 0.0512. The Hall–Kier alpha value is -2.96. The molecule has 0 aliphatic carbocycles. The molecule has 7 heteroatoms. The highest BCUT2D eigenvalue weighted by Crippen LogP contribution is 2.28.